The van der Waals surface area contributed by atoms with Crippen LogP contribution < -0.4 is 19.3 Å². The molecule has 8 nitrogen and oxygen atoms in total. The lowest BCUT2D eigenvalue weighted by atomic mass is 9.85. The molecule has 0 unspecified atom stereocenters. The summed E-state index contributed by atoms with van der Waals surface area (Å²) in [6, 6.07) is 9.83. The van der Waals surface area contributed by atoms with Crippen molar-refractivity contribution in [3.63, 3.8) is 0 Å². The maximum absolute atomic E-state index is 13.2. The Morgan fingerprint density at radius 2 is 1.68 bits per heavy atom. The minimum Gasteiger partial charge on any atom is -0.495 e. The number of carbonyl (C=O) groups excluding carboxylic acids is 4. The first kappa shape index (κ1) is 23.7. The van der Waals surface area contributed by atoms with Crippen LogP contribution >= 0.6 is 11.6 Å². The molecule has 6 rings (SSSR count). The fourth-order valence-corrected chi connectivity index (χ4v) is 6.42. The van der Waals surface area contributed by atoms with E-state index in [4.69, 9.17) is 21.1 Å². The Labute approximate surface area is 218 Å². The molecule has 2 aromatic carbocycles. The minimum absolute atomic E-state index is 0.00148. The molecule has 3 amide bonds. The molecule has 0 spiro atoms. The molecule has 3 fully saturated rings. The number of hydrogen-bond acceptors (Lipinski definition) is 6. The van der Waals surface area contributed by atoms with E-state index in [0.717, 1.165) is 6.42 Å². The lowest BCUT2D eigenvalue weighted by molar-refractivity contribution is -0.139. The third-order valence-electron chi connectivity index (χ3n) is 7.99. The number of halogens is 1. The highest BCUT2D eigenvalue weighted by molar-refractivity contribution is 6.31. The van der Waals surface area contributed by atoms with Crippen molar-refractivity contribution in [2.75, 3.05) is 23.5 Å². The monoisotopic (exact) mass is 520 g/mol. The van der Waals surface area contributed by atoms with E-state index in [-0.39, 0.29) is 54.4 Å². The first-order valence-electron chi connectivity index (χ1n) is 12.3. The molecule has 2 bridgehead atoms. The number of rotatable bonds is 5. The lowest BCUT2D eigenvalue weighted by Crippen LogP contribution is -2.33. The van der Waals surface area contributed by atoms with Gasteiger partial charge in [-0.2, -0.15) is 0 Å². The fourth-order valence-electron chi connectivity index (χ4n) is 6.25. The number of aryl methyl sites for hydroxylation is 1. The number of methoxy groups -OCH3 is 1. The van der Waals surface area contributed by atoms with Crippen molar-refractivity contribution in [3.05, 3.63) is 59.1 Å². The average molecular weight is 521 g/mol. The van der Waals surface area contributed by atoms with E-state index in [2.05, 4.69) is 12.2 Å². The summed E-state index contributed by atoms with van der Waals surface area (Å²) in [5, 5.41) is 0.452. The highest BCUT2D eigenvalue weighted by Gasteiger charge is 2.59. The average Bonchev–Trinajstić information content (AvgIpc) is 3.63. The quantitative estimate of drug-likeness (QED) is 0.257. The van der Waals surface area contributed by atoms with Gasteiger partial charge in [-0.25, -0.2) is 4.90 Å². The predicted molar refractivity (Wildman–Crippen MR) is 135 cm³/mol. The van der Waals surface area contributed by atoms with Gasteiger partial charge in [0, 0.05) is 18.0 Å². The van der Waals surface area contributed by atoms with Gasteiger partial charge in [-0.05, 0) is 67.1 Å². The lowest BCUT2D eigenvalue weighted by Gasteiger charge is -2.20. The van der Waals surface area contributed by atoms with Crippen LogP contribution in [0.25, 0.3) is 0 Å². The van der Waals surface area contributed by atoms with E-state index in [1.165, 1.54) is 16.9 Å². The van der Waals surface area contributed by atoms with E-state index in [1.807, 2.05) is 0 Å². The number of ether oxygens (including phenoxy) is 2. The topological polar surface area (TPSA) is 93.2 Å². The zero-order valence-electron chi connectivity index (χ0n) is 20.3. The van der Waals surface area contributed by atoms with Gasteiger partial charge in [-0.1, -0.05) is 23.8 Å². The number of hydrogen-bond donors (Lipinski definition) is 0. The van der Waals surface area contributed by atoms with Crippen LogP contribution in [0, 0.1) is 36.5 Å². The summed E-state index contributed by atoms with van der Waals surface area (Å²) < 4.78 is 11.0. The number of fused-ring (bicyclic) bond motifs is 5. The van der Waals surface area contributed by atoms with Crippen molar-refractivity contribution in [2.45, 2.75) is 19.8 Å². The van der Waals surface area contributed by atoms with Crippen LogP contribution in [-0.4, -0.2) is 37.3 Å². The van der Waals surface area contributed by atoms with Crippen LogP contribution in [0.15, 0.2) is 48.6 Å². The molecule has 1 saturated carbocycles. The Morgan fingerprint density at radius 3 is 2.32 bits per heavy atom. The van der Waals surface area contributed by atoms with Crippen molar-refractivity contribution in [2.24, 2.45) is 29.6 Å². The van der Waals surface area contributed by atoms with E-state index in [1.54, 1.807) is 43.3 Å². The molecule has 2 aliphatic carbocycles. The number of amides is 3. The molecule has 37 heavy (non-hydrogen) atoms. The second-order valence-electron chi connectivity index (χ2n) is 10.1. The van der Waals surface area contributed by atoms with Crippen LogP contribution in [0.5, 0.6) is 11.5 Å². The Bertz CT molecular complexity index is 1360. The molecule has 190 valence electrons. The molecule has 2 aromatic rings. The number of esters is 1. The van der Waals surface area contributed by atoms with Crippen molar-refractivity contribution in [1.29, 1.82) is 0 Å². The van der Waals surface area contributed by atoms with E-state index in [0.29, 0.717) is 33.5 Å². The molecule has 2 heterocycles. The van der Waals surface area contributed by atoms with Crippen molar-refractivity contribution in [3.8, 4) is 11.5 Å². The van der Waals surface area contributed by atoms with Gasteiger partial charge in [0.2, 0.25) is 17.7 Å². The van der Waals surface area contributed by atoms with Crippen LogP contribution in [0.2, 0.25) is 5.02 Å². The standard InChI is InChI=1S/C28H25ClN2O6/c1-14-9-19(6-7-20(14)31-26(33)24-15-3-4-16(10-15)25(24)27(31)34)37-28(35)17-11-23(32)30(13-17)21-12-18(29)5-8-22(21)36-2/h3-9,12,15-17,24-25H,10-11,13H2,1-2H3/t15-,16-,17+,24-,25+/m0/s1. The smallest absolute Gasteiger partial charge is 0.316 e. The number of carbonyl (C=O) groups is 4. The van der Waals surface area contributed by atoms with Crippen molar-refractivity contribution < 1.29 is 28.7 Å². The van der Waals surface area contributed by atoms with Gasteiger partial charge in [0.15, 0.2) is 0 Å². The summed E-state index contributed by atoms with van der Waals surface area (Å²) in [7, 11) is 1.50. The molecular weight excluding hydrogens is 496 g/mol. The van der Waals surface area contributed by atoms with Crippen LogP contribution in [0.3, 0.4) is 0 Å². The molecule has 0 radical (unpaired) electrons. The zero-order chi connectivity index (χ0) is 26.0. The van der Waals surface area contributed by atoms with Gasteiger partial charge in [-0.3, -0.25) is 19.2 Å². The molecule has 2 aliphatic heterocycles. The van der Waals surface area contributed by atoms with E-state index < -0.39 is 11.9 Å². The van der Waals surface area contributed by atoms with Crippen LogP contribution in [-0.2, 0) is 19.2 Å². The van der Waals surface area contributed by atoms with Crippen LogP contribution in [0.1, 0.15) is 18.4 Å². The maximum atomic E-state index is 13.2. The molecule has 4 aliphatic rings. The first-order chi connectivity index (χ1) is 17.8. The molecule has 9 heteroatoms. The molecule has 2 saturated heterocycles. The molecule has 0 N–H and O–H groups in total. The summed E-state index contributed by atoms with van der Waals surface area (Å²) in [4.78, 5) is 54.7. The van der Waals surface area contributed by atoms with Crippen molar-refractivity contribution >= 4 is 46.7 Å². The summed E-state index contributed by atoms with van der Waals surface area (Å²) in [5.41, 5.74) is 1.67. The largest absolute Gasteiger partial charge is 0.495 e. The molecule has 5 atom stereocenters. The minimum atomic E-state index is -0.666. The SMILES string of the molecule is COc1ccc(Cl)cc1N1C[C@H](C(=O)Oc2ccc(N3C(=O)[C@@H]4[C@H](C3=O)[C@H]3C=C[C@H]4C3)c(C)c2)CC1=O. The fraction of sp³-hybridized carbons (Fsp3) is 0.357. The highest BCUT2D eigenvalue weighted by Crippen LogP contribution is 2.53. The van der Waals surface area contributed by atoms with Gasteiger partial charge < -0.3 is 14.4 Å². The van der Waals surface area contributed by atoms with Gasteiger partial charge in [-0.15, -0.1) is 0 Å². The Hall–Kier alpha value is -3.65. The van der Waals surface area contributed by atoms with Gasteiger partial charge in [0.05, 0.1) is 36.2 Å². The third-order valence-corrected chi connectivity index (χ3v) is 8.22. The predicted octanol–water partition coefficient (Wildman–Crippen LogP) is 3.93. The maximum Gasteiger partial charge on any atom is 0.316 e. The summed E-state index contributed by atoms with van der Waals surface area (Å²) in [6.07, 6.45) is 5.00. The van der Waals surface area contributed by atoms with E-state index >= 15 is 0 Å². The van der Waals surface area contributed by atoms with Crippen LogP contribution in [0.4, 0.5) is 11.4 Å². The van der Waals surface area contributed by atoms with Gasteiger partial charge >= 0.3 is 5.97 Å². The molecular formula is C28H25ClN2O6. The number of imide groups is 1. The summed E-state index contributed by atoms with van der Waals surface area (Å²) in [5.74, 6) is -1.24. The van der Waals surface area contributed by atoms with Gasteiger partial charge in [0.25, 0.3) is 0 Å². The first-order valence-corrected chi connectivity index (χ1v) is 12.7. The Balaban J connectivity index is 1.16. The zero-order valence-corrected chi connectivity index (χ0v) is 21.1. The van der Waals surface area contributed by atoms with Gasteiger partial charge in [0.1, 0.15) is 11.5 Å². The number of anilines is 2. The van der Waals surface area contributed by atoms with Crippen molar-refractivity contribution in [1.82, 2.24) is 0 Å². The second kappa shape index (κ2) is 8.73. The number of benzene rings is 2. The Morgan fingerprint density at radius 1 is 0.973 bits per heavy atom. The summed E-state index contributed by atoms with van der Waals surface area (Å²) >= 11 is 6.11. The second-order valence-corrected chi connectivity index (χ2v) is 10.5. The summed E-state index contributed by atoms with van der Waals surface area (Å²) in [6.45, 7) is 1.92. The Kier molecular flexibility index (Phi) is 5.60. The highest BCUT2D eigenvalue weighted by atomic mass is 35.5. The normalized spacial score (nSPS) is 27.9. The number of nitrogens with zero attached hydrogens (tertiary/aromatic N) is 2. The number of allylic oxidation sites excluding steroid dienone is 2. The third kappa shape index (κ3) is 3.73. The van der Waals surface area contributed by atoms with E-state index in [9.17, 15) is 19.2 Å². The molecule has 0 aromatic heterocycles.